The summed E-state index contributed by atoms with van der Waals surface area (Å²) in [6.07, 6.45) is -1.10. The maximum absolute atomic E-state index is 10.7. The largest absolute Gasteiger partial charge is 0.374 e. The zero-order chi connectivity index (χ0) is 12.9. The highest BCUT2D eigenvalue weighted by molar-refractivity contribution is 5.23. The second-order valence-electron chi connectivity index (χ2n) is 3.58. The van der Waals surface area contributed by atoms with Crippen LogP contribution >= 0.6 is 0 Å². The van der Waals surface area contributed by atoms with Crippen molar-refractivity contribution < 1.29 is 19.5 Å². The van der Waals surface area contributed by atoms with Gasteiger partial charge in [0, 0.05) is 19.1 Å². The predicted molar refractivity (Wildman–Crippen MR) is 60.0 cm³/mol. The van der Waals surface area contributed by atoms with Crippen LogP contribution in [0, 0.1) is 10.1 Å². The van der Waals surface area contributed by atoms with E-state index in [0.717, 1.165) is 0 Å². The summed E-state index contributed by atoms with van der Waals surface area (Å²) in [5.74, 6) is 0. The summed E-state index contributed by atoms with van der Waals surface area (Å²) in [4.78, 5) is 10.1. The number of ether oxygens (including phenoxy) is 2. The predicted octanol–water partition coefficient (Wildman–Crippen LogP) is 0.770. The molecule has 1 aromatic rings. The van der Waals surface area contributed by atoms with Gasteiger partial charge in [0.25, 0.3) is 0 Å². The van der Waals surface area contributed by atoms with Gasteiger partial charge in [-0.3, -0.25) is 10.1 Å². The van der Waals surface area contributed by atoms with Crippen molar-refractivity contribution in [3.05, 3.63) is 46.0 Å². The van der Waals surface area contributed by atoms with E-state index in [-0.39, 0.29) is 0 Å². The number of methoxy groups -OCH3 is 2. The first-order valence-corrected chi connectivity index (χ1v) is 5.00. The lowest BCUT2D eigenvalue weighted by atomic mass is 9.93. The molecular weight excluding hydrogens is 226 g/mol. The van der Waals surface area contributed by atoms with Gasteiger partial charge in [-0.25, -0.2) is 0 Å². The third kappa shape index (κ3) is 3.00. The van der Waals surface area contributed by atoms with E-state index < -0.39 is 23.4 Å². The highest BCUT2D eigenvalue weighted by Gasteiger charge is 2.44. The molecule has 0 spiro atoms. The molecule has 0 bridgehead atoms. The van der Waals surface area contributed by atoms with E-state index in [9.17, 15) is 15.2 Å². The van der Waals surface area contributed by atoms with Crippen molar-refractivity contribution in [2.75, 3.05) is 20.8 Å². The van der Waals surface area contributed by atoms with E-state index in [4.69, 9.17) is 9.47 Å². The minimum atomic E-state index is -1.81. The van der Waals surface area contributed by atoms with Gasteiger partial charge in [0.1, 0.15) is 0 Å². The highest BCUT2D eigenvalue weighted by Crippen LogP contribution is 2.27. The van der Waals surface area contributed by atoms with Crippen LogP contribution in [0.2, 0.25) is 0 Å². The highest BCUT2D eigenvalue weighted by atomic mass is 16.7. The Morgan fingerprint density at radius 1 is 1.35 bits per heavy atom. The Morgan fingerprint density at radius 2 is 1.88 bits per heavy atom. The summed E-state index contributed by atoms with van der Waals surface area (Å²) < 4.78 is 9.89. The van der Waals surface area contributed by atoms with Crippen LogP contribution in [0.1, 0.15) is 5.56 Å². The summed E-state index contributed by atoms with van der Waals surface area (Å²) in [5.41, 5.74) is -1.43. The quantitative estimate of drug-likeness (QED) is 0.452. The molecule has 6 heteroatoms. The number of aliphatic hydroxyl groups is 1. The van der Waals surface area contributed by atoms with Crippen molar-refractivity contribution in [1.29, 1.82) is 0 Å². The average Bonchev–Trinajstić information content (AvgIpc) is 2.30. The molecule has 17 heavy (non-hydrogen) atoms. The Morgan fingerprint density at radius 3 is 2.29 bits per heavy atom. The second kappa shape index (κ2) is 5.72. The molecule has 0 aromatic heterocycles. The molecule has 0 radical (unpaired) electrons. The minimum absolute atomic E-state index is 0.380. The lowest BCUT2D eigenvalue weighted by Gasteiger charge is -2.30. The van der Waals surface area contributed by atoms with Gasteiger partial charge in [0.15, 0.2) is 6.29 Å². The molecule has 0 aliphatic rings. The molecule has 1 N–H and O–H groups in total. The summed E-state index contributed by atoms with van der Waals surface area (Å²) in [6.45, 7) is -0.691. The van der Waals surface area contributed by atoms with Crippen LogP contribution in [-0.4, -0.2) is 37.1 Å². The maximum atomic E-state index is 10.7. The smallest absolute Gasteiger partial charge is 0.241 e. The molecule has 0 aliphatic heterocycles. The molecule has 1 rings (SSSR count). The van der Waals surface area contributed by atoms with E-state index in [1.54, 1.807) is 30.3 Å². The number of hydrogen-bond donors (Lipinski definition) is 1. The average molecular weight is 241 g/mol. The molecule has 0 amide bonds. The van der Waals surface area contributed by atoms with E-state index in [2.05, 4.69) is 0 Å². The normalized spacial score (nSPS) is 14.6. The zero-order valence-electron chi connectivity index (χ0n) is 9.70. The monoisotopic (exact) mass is 241 g/mol. The summed E-state index contributed by atoms with van der Waals surface area (Å²) in [7, 11) is 2.64. The van der Waals surface area contributed by atoms with Gasteiger partial charge in [-0.05, 0) is 5.56 Å². The van der Waals surface area contributed by atoms with Crippen molar-refractivity contribution in [1.82, 2.24) is 0 Å². The van der Waals surface area contributed by atoms with Crippen LogP contribution in [0.3, 0.4) is 0 Å². The Bertz CT molecular complexity index is 365. The Kier molecular flexibility index (Phi) is 4.56. The SMILES string of the molecule is COC(OC)[C@@](O)(C[N+](=O)[O-])c1ccccc1. The zero-order valence-corrected chi connectivity index (χ0v) is 9.70. The molecule has 94 valence electrons. The molecule has 0 aliphatic carbocycles. The van der Waals surface area contributed by atoms with Gasteiger partial charge >= 0.3 is 0 Å². The fourth-order valence-corrected chi connectivity index (χ4v) is 1.71. The summed E-state index contributed by atoms with van der Waals surface area (Å²) >= 11 is 0. The fourth-order valence-electron chi connectivity index (χ4n) is 1.71. The van der Waals surface area contributed by atoms with Crippen LogP contribution in [0.5, 0.6) is 0 Å². The van der Waals surface area contributed by atoms with Gasteiger partial charge in [0.05, 0.1) is 0 Å². The lowest BCUT2D eigenvalue weighted by molar-refractivity contribution is -0.512. The third-order valence-electron chi connectivity index (χ3n) is 2.46. The van der Waals surface area contributed by atoms with Crippen LogP contribution < -0.4 is 0 Å². The number of rotatable bonds is 6. The first kappa shape index (κ1) is 13.6. The summed E-state index contributed by atoms with van der Waals surface area (Å²) in [6, 6.07) is 8.30. The standard InChI is InChI=1S/C11H15NO5/c1-16-10(17-2)11(13,8-12(14)15)9-6-4-3-5-7-9/h3-7,10,13H,8H2,1-2H3/t11-/m1/s1. The van der Waals surface area contributed by atoms with E-state index in [1.807, 2.05) is 0 Å². The van der Waals surface area contributed by atoms with E-state index in [0.29, 0.717) is 5.56 Å². The first-order valence-electron chi connectivity index (χ1n) is 5.00. The van der Waals surface area contributed by atoms with Crippen molar-refractivity contribution >= 4 is 0 Å². The topological polar surface area (TPSA) is 81.8 Å². The molecule has 0 saturated heterocycles. The number of hydrogen-bond acceptors (Lipinski definition) is 5. The Hall–Kier alpha value is -1.50. The van der Waals surface area contributed by atoms with E-state index in [1.165, 1.54) is 14.2 Å². The van der Waals surface area contributed by atoms with Gasteiger partial charge in [-0.1, -0.05) is 30.3 Å². The first-order chi connectivity index (χ1) is 8.04. The van der Waals surface area contributed by atoms with Crippen molar-refractivity contribution in [3.63, 3.8) is 0 Å². The minimum Gasteiger partial charge on any atom is -0.374 e. The van der Waals surface area contributed by atoms with Crippen molar-refractivity contribution in [2.24, 2.45) is 0 Å². The number of benzene rings is 1. The molecule has 0 fully saturated rings. The van der Waals surface area contributed by atoms with Crippen LogP contribution in [-0.2, 0) is 15.1 Å². The number of nitrogens with zero attached hydrogens (tertiary/aromatic N) is 1. The summed E-state index contributed by atoms with van der Waals surface area (Å²) in [5, 5.41) is 21.1. The van der Waals surface area contributed by atoms with Crippen LogP contribution in [0.25, 0.3) is 0 Å². The third-order valence-corrected chi connectivity index (χ3v) is 2.46. The van der Waals surface area contributed by atoms with Gasteiger partial charge in [0.2, 0.25) is 12.1 Å². The maximum Gasteiger partial charge on any atom is 0.241 e. The Balaban J connectivity index is 3.13. The molecule has 0 heterocycles. The molecule has 0 saturated carbocycles. The molecule has 1 atom stereocenters. The van der Waals surface area contributed by atoms with Gasteiger partial charge < -0.3 is 14.6 Å². The van der Waals surface area contributed by atoms with Crippen LogP contribution in [0.4, 0.5) is 0 Å². The van der Waals surface area contributed by atoms with E-state index >= 15 is 0 Å². The lowest BCUT2D eigenvalue weighted by Crippen LogP contribution is -2.47. The molecular formula is C11H15NO5. The Labute approximate surface area is 98.9 Å². The van der Waals surface area contributed by atoms with Gasteiger partial charge in [-0.15, -0.1) is 0 Å². The second-order valence-corrected chi connectivity index (χ2v) is 3.58. The fraction of sp³-hybridized carbons (Fsp3) is 0.455. The van der Waals surface area contributed by atoms with Gasteiger partial charge in [-0.2, -0.15) is 0 Å². The van der Waals surface area contributed by atoms with Crippen molar-refractivity contribution in [3.8, 4) is 0 Å². The van der Waals surface area contributed by atoms with Crippen molar-refractivity contribution in [2.45, 2.75) is 11.9 Å². The molecule has 0 unspecified atom stereocenters. The van der Waals surface area contributed by atoms with Crippen LogP contribution in [0.15, 0.2) is 30.3 Å². The molecule has 1 aromatic carbocycles. The molecule has 6 nitrogen and oxygen atoms in total. The number of nitro groups is 1.